The largest absolute Gasteiger partial charge is 0.495 e. The molecule has 1 rings (SSSR count). The normalized spacial score (nSPS) is 11.5. The van der Waals surface area contributed by atoms with Crippen molar-refractivity contribution in [3.8, 4) is 5.75 Å². The van der Waals surface area contributed by atoms with Crippen molar-refractivity contribution in [1.82, 2.24) is 0 Å². The fourth-order valence-electron chi connectivity index (χ4n) is 1.61. The van der Waals surface area contributed by atoms with Gasteiger partial charge in [0.15, 0.2) is 0 Å². The predicted octanol–water partition coefficient (Wildman–Crippen LogP) is 3.36. The lowest BCUT2D eigenvalue weighted by molar-refractivity contribution is 0.0282. The molecule has 0 spiro atoms. The SMILES string of the molecule is CCC(O)(CC)c1ccc(Cl)c(OC)c1. The van der Waals surface area contributed by atoms with Crippen molar-refractivity contribution in [2.24, 2.45) is 0 Å². The number of hydrogen-bond acceptors (Lipinski definition) is 2. The van der Waals surface area contributed by atoms with Crippen LogP contribution >= 0.6 is 11.6 Å². The molecule has 0 saturated carbocycles. The Morgan fingerprint density at radius 1 is 1.33 bits per heavy atom. The number of ether oxygens (including phenoxy) is 1. The van der Waals surface area contributed by atoms with Crippen molar-refractivity contribution in [2.45, 2.75) is 32.3 Å². The van der Waals surface area contributed by atoms with Crippen molar-refractivity contribution in [3.05, 3.63) is 28.8 Å². The summed E-state index contributed by atoms with van der Waals surface area (Å²) in [4.78, 5) is 0. The van der Waals surface area contributed by atoms with Gasteiger partial charge in [0.1, 0.15) is 5.75 Å². The summed E-state index contributed by atoms with van der Waals surface area (Å²) in [5, 5.41) is 10.9. The van der Waals surface area contributed by atoms with Gasteiger partial charge < -0.3 is 9.84 Å². The zero-order valence-electron chi connectivity index (χ0n) is 9.38. The van der Waals surface area contributed by atoms with Crippen molar-refractivity contribution in [1.29, 1.82) is 0 Å². The molecule has 0 saturated heterocycles. The highest BCUT2D eigenvalue weighted by Gasteiger charge is 2.25. The van der Waals surface area contributed by atoms with Crippen LogP contribution in [0.5, 0.6) is 5.75 Å². The van der Waals surface area contributed by atoms with E-state index in [0.717, 1.165) is 5.56 Å². The lowest BCUT2D eigenvalue weighted by atomic mass is 9.88. The topological polar surface area (TPSA) is 29.5 Å². The zero-order valence-corrected chi connectivity index (χ0v) is 10.1. The Bertz CT molecular complexity index is 332. The smallest absolute Gasteiger partial charge is 0.137 e. The Labute approximate surface area is 95.8 Å². The molecular formula is C12H17ClO2. The molecule has 1 N–H and O–H groups in total. The van der Waals surface area contributed by atoms with E-state index < -0.39 is 5.60 Å². The third-order valence-corrected chi connectivity index (χ3v) is 3.17. The van der Waals surface area contributed by atoms with Crippen LogP contribution in [0.15, 0.2) is 18.2 Å². The average molecular weight is 229 g/mol. The maximum atomic E-state index is 10.3. The van der Waals surface area contributed by atoms with E-state index >= 15 is 0 Å². The van der Waals surface area contributed by atoms with Crippen LogP contribution in [0.25, 0.3) is 0 Å². The monoisotopic (exact) mass is 228 g/mol. The van der Waals surface area contributed by atoms with Gasteiger partial charge in [-0.2, -0.15) is 0 Å². The molecule has 0 fully saturated rings. The van der Waals surface area contributed by atoms with Gasteiger partial charge >= 0.3 is 0 Å². The highest BCUT2D eigenvalue weighted by atomic mass is 35.5. The zero-order chi connectivity index (χ0) is 11.5. The third-order valence-electron chi connectivity index (χ3n) is 2.86. The molecular weight excluding hydrogens is 212 g/mol. The average Bonchev–Trinajstić information content (AvgIpc) is 2.28. The summed E-state index contributed by atoms with van der Waals surface area (Å²) >= 11 is 5.93. The molecule has 1 aromatic rings. The molecule has 0 aliphatic rings. The molecule has 0 aliphatic carbocycles. The molecule has 1 aromatic carbocycles. The van der Waals surface area contributed by atoms with Crippen molar-refractivity contribution in [2.75, 3.05) is 7.11 Å². The first kappa shape index (κ1) is 12.3. The Morgan fingerprint density at radius 3 is 2.40 bits per heavy atom. The van der Waals surface area contributed by atoms with Crippen LogP contribution in [0.2, 0.25) is 5.02 Å². The van der Waals surface area contributed by atoms with Gasteiger partial charge in [0.25, 0.3) is 0 Å². The van der Waals surface area contributed by atoms with E-state index in [9.17, 15) is 5.11 Å². The molecule has 0 heterocycles. The minimum Gasteiger partial charge on any atom is -0.495 e. The number of benzene rings is 1. The Morgan fingerprint density at radius 2 is 1.93 bits per heavy atom. The van der Waals surface area contributed by atoms with Crippen LogP contribution in [0, 0.1) is 0 Å². The fraction of sp³-hybridized carbons (Fsp3) is 0.500. The van der Waals surface area contributed by atoms with Crippen LogP contribution in [-0.4, -0.2) is 12.2 Å². The van der Waals surface area contributed by atoms with E-state index in [0.29, 0.717) is 23.6 Å². The first-order chi connectivity index (χ1) is 7.07. The van der Waals surface area contributed by atoms with Gasteiger partial charge in [0.2, 0.25) is 0 Å². The van der Waals surface area contributed by atoms with Gasteiger partial charge in [-0.05, 0) is 30.5 Å². The molecule has 0 atom stereocenters. The van der Waals surface area contributed by atoms with Crippen LogP contribution in [0.3, 0.4) is 0 Å². The van der Waals surface area contributed by atoms with Crippen LogP contribution in [-0.2, 0) is 5.60 Å². The quantitative estimate of drug-likeness (QED) is 0.857. The number of halogens is 1. The van der Waals surface area contributed by atoms with E-state index in [1.807, 2.05) is 19.9 Å². The Kier molecular flexibility index (Phi) is 4.00. The van der Waals surface area contributed by atoms with E-state index in [1.54, 1.807) is 19.2 Å². The number of methoxy groups -OCH3 is 1. The van der Waals surface area contributed by atoms with Gasteiger partial charge in [-0.25, -0.2) is 0 Å². The summed E-state index contributed by atoms with van der Waals surface area (Å²) in [6.07, 6.45) is 1.35. The lowest BCUT2D eigenvalue weighted by Gasteiger charge is -2.26. The van der Waals surface area contributed by atoms with Crippen molar-refractivity contribution >= 4 is 11.6 Å². The molecule has 15 heavy (non-hydrogen) atoms. The molecule has 0 aliphatic heterocycles. The molecule has 2 nitrogen and oxygen atoms in total. The third kappa shape index (κ3) is 2.44. The van der Waals surface area contributed by atoms with Gasteiger partial charge in [-0.3, -0.25) is 0 Å². The molecule has 0 bridgehead atoms. The maximum Gasteiger partial charge on any atom is 0.137 e. The summed E-state index contributed by atoms with van der Waals surface area (Å²) in [6.45, 7) is 3.93. The fourth-order valence-corrected chi connectivity index (χ4v) is 1.80. The van der Waals surface area contributed by atoms with E-state index in [4.69, 9.17) is 16.3 Å². The number of aliphatic hydroxyl groups is 1. The van der Waals surface area contributed by atoms with Crippen LogP contribution in [0.4, 0.5) is 0 Å². The van der Waals surface area contributed by atoms with Gasteiger partial charge in [-0.1, -0.05) is 31.5 Å². The second kappa shape index (κ2) is 4.86. The van der Waals surface area contributed by atoms with Crippen molar-refractivity contribution < 1.29 is 9.84 Å². The second-order valence-electron chi connectivity index (χ2n) is 3.59. The van der Waals surface area contributed by atoms with Crippen LogP contribution in [0.1, 0.15) is 32.3 Å². The van der Waals surface area contributed by atoms with E-state index in [2.05, 4.69) is 0 Å². The first-order valence-corrected chi connectivity index (χ1v) is 5.51. The summed E-state index contributed by atoms with van der Waals surface area (Å²) in [6, 6.07) is 5.40. The number of hydrogen-bond donors (Lipinski definition) is 1. The molecule has 0 amide bonds. The Balaban J connectivity index is 3.15. The predicted molar refractivity (Wildman–Crippen MR) is 62.5 cm³/mol. The van der Waals surface area contributed by atoms with E-state index in [1.165, 1.54) is 0 Å². The Hall–Kier alpha value is -0.730. The summed E-state index contributed by atoms with van der Waals surface area (Å²) in [5.74, 6) is 0.606. The molecule has 0 radical (unpaired) electrons. The minimum absolute atomic E-state index is 0.566. The summed E-state index contributed by atoms with van der Waals surface area (Å²) in [5.41, 5.74) is 0.0754. The van der Waals surface area contributed by atoms with Gasteiger partial charge in [0.05, 0.1) is 17.7 Å². The molecule has 84 valence electrons. The molecule has 0 unspecified atom stereocenters. The highest BCUT2D eigenvalue weighted by molar-refractivity contribution is 6.32. The van der Waals surface area contributed by atoms with Gasteiger partial charge in [0, 0.05) is 0 Å². The molecule has 0 aromatic heterocycles. The highest BCUT2D eigenvalue weighted by Crippen LogP contribution is 2.33. The lowest BCUT2D eigenvalue weighted by Crippen LogP contribution is -2.23. The second-order valence-corrected chi connectivity index (χ2v) is 4.00. The van der Waals surface area contributed by atoms with Crippen LogP contribution < -0.4 is 4.74 Å². The van der Waals surface area contributed by atoms with E-state index in [-0.39, 0.29) is 0 Å². The first-order valence-electron chi connectivity index (χ1n) is 5.13. The summed E-state index contributed by atoms with van der Waals surface area (Å²) in [7, 11) is 1.57. The minimum atomic E-state index is -0.780. The van der Waals surface area contributed by atoms with Crippen molar-refractivity contribution in [3.63, 3.8) is 0 Å². The standard InChI is InChI=1S/C12H17ClO2/c1-4-12(14,5-2)9-6-7-10(13)11(8-9)15-3/h6-8,14H,4-5H2,1-3H3. The summed E-state index contributed by atoms with van der Waals surface area (Å²) < 4.78 is 5.13. The maximum absolute atomic E-state index is 10.3. The molecule has 3 heteroatoms. The van der Waals surface area contributed by atoms with Gasteiger partial charge in [-0.15, -0.1) is 0 Å². The number of rotatable bonds is 4.